The molecule has 0 aliphatic carbocycles. The van der Waals surface area contributed by atoms with Crippen molar-refractivity contribution >= 4 is 32.2 Å². The van der Waals surface area contributed by atoms with Crippen molar-refractivity contribution in [3.63, 3.8) is 0 Å². The summed E-state index contributed by atoms with van der Waals surface area (Å²) in [6.45, 7) is 0. The molecule has 0 heterocycles. The van der Waals surface area contributed by atoms with Gasteiger partial charge in [0.2, 0.25) is 0 Å². The number of hydrogen-bond acceptors (Lipinski definition) is 2. The van der Waals surface area contributed by atoms with Crippen LogP contribution >= 0.6 is 0 Å². The summed E-state index contributed by atoms with van der Waals surface area (Å²) >= 11 is 0. The fraction of sp³-hybridized carbons (Fsp3) is 0. The Bertz CT molecular complexity index is 1100. The monoisotopic (exact) mass is 359 g/mol. The Balaban J connectivity index is 1.98. The van der Waals surface area contributed by atoms with Gasteiger partial charge in [0.1, 0.15) is 0 Å². The number of nitrogens with zero attached hydrogens (tertiary/aromatic N) is 1. The normalized spacial score (nSPS) is 11.4. The van der Waals surface area contributed by atoms with Crippen LogP contribution in [0, 0.1) is 0 Å². The summed E-state index contributed by atoms with van der Waals surface area (Å²) in [6.07, 6.45) is 0. The van der Waals surface area contributed by atoms with Gasteiger partial charge in [-0.15, -0.1) is 0 Å². The molecule has 0 aliphatic heterocycles. The van der Waals surface area contributed by atoms with Gasteiger partial charge in [0.05, 0.1) is 16.3 Å². The maximum atomic E-state index is 13.7. The Morgan fingerprint density at radius 2 is 1.04 bits per heavy atom. The lowest BCUT2D eigenvalue weighted by Gasteiger charge is -2.25. The number of benzene rings is 4. The topological polar surface area (TPSA) is 37.4 Å². The Morgan fingerprint density at radius 1 is 0.538 bits per heavy atom. The van der Waals surface area contributed by atoms with Crippen molar-refractivity contribution in [2.75, 3.05) is 4.31 Å². The molecule has 4 rings (SSSR count). The van der Waals surface area contributed by atoms with E-state index < -0.39 is 10.0 Å². The zero-order chi connectivity index (χ0) is 18.0. The highest BCUT2D eigenvalue weighted by Gasteiger charge is 2.28. The van der Waals surface area contributed by atoms with Gasteiger partial charge in [0.25, 0.3) is 10.0 Å². The second-order valence-electron chi connectivity index (χ2n) is 5.92. The fourth-order valence-corrected chi connectivity index (χ4v) is 4.78. The fourth-order valence-electron chi connectivity index (χ4n) is 3.07. The number of rotatable bonds is 4. The summed E-state index contributed by atoms with van der Waals surface area (Å²) in [5.41, 5.74) is 1.21. The summed E-state index contributed by atoms with van der Waals surface area (Å²) in [4.78, 5) is 0.295. The molecule has 4 aromatic carbocycles. The number of fused-ring (bicyclic) bond motifs is 1. The largest absolute Gasteiger partial charge is 0.269 e. The van der Waals surface area contributed by atoms with E-state index in [1.807, 2.05) is 66.7 Å². The van der Waals surface area contributed by atoms with Gasteiger partial charge in [-0.25, -0.2) is 12.7 Å². The van der Waals surface area contributed by atoms with Crippen molar-refractivity contribution in [2.45, 2.75) is 4.90 Å². The first-order valence-electron chi connectivity index (χ1n) is 8.31. The molecular weight excluding hydrogens is 342 g/mol. The Kier molecular flexibility index (Phi) is 4.19. The van der Waals surface area contributed by atoms with Crippen LogP contribution in [0.3, 0.4) is 0 Å². The minimum Gasteiger partial charge on any atom is -0.235 e. The number of sulfonamides is 1. The van der Waals surface area contributed by atoms with E-state index in [1.165, 1.54) is 4.31 Å². The van der Waals surface area contributed by atoms with E-state index in [-0.39, 0.29) is 0 Å². The lowest BCUT2D eigenvalue weighted by atomic mass is 10.1. The molecule has 0 radical (unpaired) electrons. The predicted octanol–water partition coefficient (Wildman–Crippen LogP) is 5.37. The van der Waals surface area contributed by atoms with Crippen LogP contribution in [0.15, 0.2) is 108 Å². The second-order valence-corrected chi connectivity index (χ2v) is 7.67. The molecule has 0 unspecified atom stereocenters. The predicted molar refractivity (Wildman–Crippen MR) is 106 cm³/mol. The first kappa shape index (κ1) is 16.4. The van der Waals surface area contributed by atoms with Crippen molar-refractivity contribution in [1.29, 1.82) is 0 Å². The van der Waals surface area contributed by atoms with Crippen molar-refractivity contribution in [2.24, 2.45) is 0 Å². The van der Waals surface area contributed by atoms with Crippen LogP contribution in [-0.4, -0.2) is 8.42 Å². The highest BCUT2D eigenvalue weighted by molar-refractivity contribution is 7.93. The molecule has 0 aromatic heterocycles. The average molecular weight is 359 g/mol. The second kappa shape index (κ2) is 6.65. The van der Waals surface area contributed by atoms with E-state index in [1.54, 1.807) is 36.4 Å². The van der Waals surface area contributed by atoms with Gasteiger partial charge in [-0.2, -0.15) is 0 Å². The van der Waals surface area contributed by atoms with Crippen molar-refractivity contribution < 1.29 is 8.42 Å². The minimum absolute atomic E-state index is 0.295. The number of para-hydroxylation sites is 2. The van der Waals surface area contributed by atoms with Gasteiger partial charge in [-0.3, -0.25) is 0 Å². The van der Waals surface area contributed by atoms with Gasteiger partial charge in [0.15, 0.2) is 0 Å². The van der Waals surface area contributed by atoms with Gasteiger partial charge in [-0.1, -0.05) is 72.8 Å². The maximum absolute atomic E-state index is 13.7. The molecule has 128 valence electrons. The molecule has 0 fully saturated rings. The van der Waals surface area contributed by atoms with Gasteiger partial charge in [0, 0.05) is 5.39 Å². The van der Waals surface area contributed by atoms with Crippen LogP contribution in [0.1, 0.15) is 0 Å². The van der Waals surface area contributed by atoms with E-state index in [0.717, 1.165) is 5.39 Å². The van der Waals surface area contributed by atoms with Gasteiger partial charge < -0.3 is 0 Å². The standard InChI is InChI=1S/C22H17NO2S/c24-26(25,22-17-9-11-18-10-7-8-16-21(18)22)23(19-12-3-1-4-13-19)20-14-5-2-6-15-20/h1-17H. The third-order valence-electron chi connectivity index (χ3n) is 4.25. The average Bonchev–Trinajstić information content (AvgIpc) is 2.69. The molecule has 0 N–H and O–H groups in total. The first-order valence-corrected chi connectivity index (χ1v) is 9.75. The third kappa shape index (κ3) is 2.85. The summed E-state index contributed by atoms with van der Waals surface area (Å²) in [5.74, 6) is 0. The molecule has 0 aliphatic rings. The lowest BCUT2D eigenvalue weighted by Crippen LogP contribution is -2.26. The molecule has 4 heteroatoms. The van der Waals surface area contributed by atoms with E-state index in [4.69, 9.17) is 0 Å². The molecular formula is C22H17NO2S. The third-order valence-corrected chi connectivity index (χ3v) is 6.06. The molecule has 0 atom stereocenters. The van der Waals surface area contributed by atoms with Crippen molar-refractivity contribution in [3.8, 4) is 0 Å². The Labute approximate surface area is 153 Å². The lowest BCUT2D eigenvalue weighted by molar-refractivity contribution is 0.597. The van der Waals surface area contributed by atoms with E-state index in [2.05, 4.69) is 0 Å². The van der Waals surface area contributed by atoms with E-state index >= 15 is 0 Å². The minimum atomic E-state index is -3.80. The van der Waals surface area contributed by atoms with Crippen LogP contribution < -0.4 is 4.31 Å². The van der Waals surface area contributed by atoms with Crippen LogP contribution in [0.5, 0.6) is 0 Å². The number of anilines is 2. The summed E-state index contributed by atoms with van der Waals surface area (Å²) in [5, 5.41) is 1.61. The van der Waals surface area contributed by atoms with Crippen LogP contribution in [0.2, 0.25) is 0 Å². The summed E-state index contributed by atoms with van der Waals surface area (Å²) in [6, 6.07) is 31.2. The Morgan fingerprint density at radius 3 is 1.65 bits per heavy atom. The summed E-state index contributed by atoms with van der Waals surface area (Å²) < 4.78 is 28.7. The molecule has 3 nitrogen and oxygen atoms in total. The van der Waals surface area contributed by atoms with E-state index in [9.17, 15) is 8.42 Å². The van der Waals surface area contributed by atoms with Gasteiger partial charge >= 0.3 is 0 Å². The van der Waals surface area contributed by atoms with E-state index in [0.29, 0.717) is 21.7 Å². The highest BCUT2D eigenvalue weighted by atomic mass is 32.2. The highest BCUT2D eigenvalue weighted by Crippen LogP contribution is 2.34. The summed E-state index contributed by atoms with van der Waals surface area (Å²) in [7, 11) is -3.80. The molecule has 0 bridgehead atoms. The van der Waals surface area contributed by atoms with Crippen molar-refractivity contribution in [3.05, 3.63) is 103 Å². The van der Waals surface area contributed by atoms with Crippen LogP contribution in [0.25, 0.3) is 10.8 Å². The molecule has 0 saturated heterocycles. The number of hydrogen-bond donors (Lipinski definition) is 0. The Hall–Kier alpha value is -3.11. The SMILES string of the molecule is O=S(=O)(c1cccc2ccccc12)N(c1ccccc1)c1ccccc1. The maximum Gasteiger partial charge on any atom is 0.269 e. The van der Waals surface area contributed by atoms with Gasteiger partial charge in [-0.05, 0) is 35.7 Å². The molecule has 0 amide bonds. The zero-order valence-corrected chi connectivity index (χ0v) is 14.8. The smallest absolute Gasteiger partial charge is 0.235 e. The quantitative estimate of drug-likeness (QED) is 0.491. The van der Waals surface area contributed by atoms with Crippen LogP contribution in [-0.2, 0) is 10.0 Å². The molecule has 0 saturated carbocycles. The first-order chi connectivity index (χ1) is 12.7. The molecule has 4 aromatic rings. The van der Waals surface area contributed by atoms with Crippen LogP contribution in [0.4, 0.5) is 11.4 Å². The van der Waals surface area contributed by atoms with Crippen molar-refractivity contribution in [1.82, 2.24) is 0 Å². The molecule has 26 heavy (non-hydrogen) atoms. The molecule has 0 spiro atoms. The zero-order valence-electron chi connectivity index (χ0n) is 14.0.